The Kier molecular flexibility index (Phi) is 12.9. The summed E-state index contributed by atoms with van der Waals surface area (Å²) in [5.41, 5.74) is 4.03. The average Bonchev–Trinajstić information content (AvgIpc) is 3.60. The molecule has 0 bridgehead atoms. The largest absolute Gasteiger partial charge is 0.493 e. The highest BCUT2D eigenvalue weighted by atomic mass is 35.5. The molecule has 0 fully saturated rings. The van der Waals surface area contributed by atoms with E-state index < -0.39 is 32.5 Å². The van der Waals surface area contributed by atoms with Crippen LogP contribution < -0.4 is 14.9 Å². The molecule has 52 heavy (non-hydrogen) atoms. The lowest BCUT2D eigenvalue weighted by Gasteiger charge is -2.22. The van der Waals surface area contributed by atoms with Crippen molar-refractivity contribution in [3.8, 4) is 11.5 Å². The zero-order chi connectivity index (χ0) is 37.1. The zero-order valence-corrected chi connectivity index (χ0v) is 30.8. The molecule has 0 saturated carbocycles. The van der Waals surface area contributed by atoms with Crippen LogP contribution in [0.1, 0.15) is 22.6 Å². The molecule has 0 radical (unpaired) electrons. The van der Waals surface area contributed by atoms with Crippen LogP contribution >= 0.6 is 11.6 Å². The smallest absolute Gasteiger partial charge is 0.255 e. The van der Waals surface area contributed by atoms with Gasteiger partial charge < -0.3 is 13.9 Å². The number of methoxy groups -OCH3 is 2. The molecule has 15 heteroatoms. The summed E-state index contributed by atoms with van der Waals surface area (Å²) in [6.07, 6.45) is 1.60. The van der Waals surface area contributed by atoms with Gasteiger partial charge in [0.1, 0.15) is 11.5 Å². The molecule has 1 heterocycles. The van der Waals surface area contributed by atoms with Gasteiger partial charge in [0.2, 0.25) is 20.0 Å². The number of hydrogen-bond donors (Lipinski definition) is 1. The molecule has 0 spiro atoms. The Morgan fingerprint density at radius 3 is 2.02 bits per heavy atom. The van der Waals surface area contributed by atoms with Crippen molar-refractivity contribution in [2.75, 3.05) is 27.3 Å². The summed E-state index contributed by atoms with van der Waals surface area (Å²) in [4.78, 5) is 13.1. The summed E-state index contributed by atoms with van der Waals surface area (Å²) in [5.74, 6) is 0.456. The number of benzene rings is 4. The van der Waals surface area contributed by atoms with E-state index in [0.717, 1.165) is 15.4 Å². The van der Waals surface area contributed by atoms with Gasteiger partial charge in [0.05, 0.1) is 43.3 Å². The minimum absolute atomic E-state index is 0.0117. The third-order valence-corrected chi connectivity index (χ3v) is 11.8. The number of hydrazone groups is 1. The number of nitrogens with one attached hydrogen (secondary N) is 1. The van der Waals surface area contributed by atoms with E-state index in [-0.39, 0.29) is 40.9 Å². The van der Waals surface area contributed by atoms with Gasteiger partial charge in [-0.15, -0.1) is 0 Å². The minimum atomic E-state index is -4.16. The van der Waals surface area contributed by atoms with Crippen molar-refractivity contribution >= 4 is 43.8 Å². The van der Waals surface area contributed by atoms with Gasteiger partial charge in [0, 0.05) is 24.2 Å². The molecule has 1 aromatic heterocycles. The van der Waals surface area contributed by atoms with Gasteiger partial charge in [-0.1, -0.05) is 72.3 Å². The second-order valence-electron chi connectivity index (χ2n) is 11.4. The number of nitrogens with zero attached hydrogens (tertiary/aromatic N) is 3. The number of hydrogen-bond acceptors (Lipinski definition) is 9. The fraction of sp³-hybridized carbons (Fsp3) is 0.189. The van der Waals surface area contributed by atoms with Crippen LogP contribution in [-0.4, -0.2) is 64.9 Å². The monoisotopic (exact) mass is 764 g/mol. The summed E-state index contributed by atoms with van der Waals surface area (Å²) < 4.78 is 73.6. The fourth-order valence-corrected chi connectivity index (χ4v) is 8.10. The van der Waals surface area contributed by atoms with Crippen molar-refractivity contribution in [1.82, 2.24) is 14.0 Å². The van der Waals surface area contributed by atoms with E-state index in [1.165, 1.54) is 67.2 Å². The van der Waals surface area contributed by atoms with Crippen molar-refractivity contribution < 1.29 is 35.5 Å². The van der Waals surface area contributed by atoms with Gasteiger partial charge in [0.25, 0.3) is 5.91 Å². The zero-order valence-electron chi connectivity index (χ0n) is 28.4. The molecule has 0 saturated heterocycles. The van der Waals surface area contributed by atoms with Crippen LogP contribution in [0.2, 0.25) is 5.02 Å². The van der Waals surface area contributed by atoms with Crippen molar-refractivity contribution in [3.63, 3.8) is 0 Å². The van der Waals surface area contributed by atoms with Crippen molar-refractivity contribution in [2.45, 2.75) is 29.3 Å². The average molecular weight is 765 g/mol. The SMILES string of the molecule is COc1ccc(S(=O)(=O)N(CCc2ccccc2)CC(=O)N/N=C\c2ccc(CN(Cc3ccccc3)S(=O)(=O)c3ccc(Cl)cc3)o2)cc1OC. The summed E-state index contributed by atoms with van der Waals surface area (Å²) >= 11 is 5.99. The third-order valence-electron chi connectivity index (χ3n) is 7.85. The summed E-state index contributed by atoms with van der Waals surface area (Å²) in [6.45, 7) is -0.525. The highest BCUT2D eigenvalue weighted by molar-refractivity contribution is 7.89. The molecular weight excluding hydrogens is 728 g/mol. The van der Waals surface area contributed by atoms with Gasteiger partial charge in [-0.05, 0) is 66.1 Å². The lowest BCUT2D eigenvalue weighted by molar-refractivity contribution is -0.121. The first-order valence-electron chi connectivity index (χ1n) is 16.0. The summed E-state index contributed by atoms with van der Waals surface area (Å²) in [7, 11) is -5.26. The Labute approximate surface area is 308 Å². The third kappa shape index (κ3) is 9.86. The highest BCUT2D eigenvalue weighted by Crippen LogP contribution is 2.31. The van der Waals surface area contributed by atoms with Crippen LogP contribution in [0.4, 0.5) is 0 Å². The van der Waals surface area contributed by atoms with E-state index in [1.807, 2.05) is 60.7 Å². The Hall–Kier alpha value is -4.99. The number of halogens is 1. The fourth-order valence-electron chi connectivity index (χ4n) is 5.16. The van der Waals surface area contributed by atoms with Gasteiger partial charge in [-0.3, -0.25) is 4.79 Å². The molecule has 4 aromatic carbocycles. The van der Waals surface area contributed by atoms with Crippen LogP contribution in [0.5, 0.6) is 11.5 Å². The standard InChI is InChI=1S/C37H37ClN4O8S2/c1-48-35-20-19-34(23-36(35)49-2)52(46,47)41(22-21-28-9-5-3-6-10-28)27-37(43)40-39-24-31-15-16-32(50-31)26-42(25-29-11-7-4-8-12-29)51(44,45)33-17-13-30(38)14-18-33/h3-20,23-24H,21-22,25-27H2,1-2H3,(H,40,43)/b39-24-. The molecule has 1 N–H and O–H groups in total. The lowest BCUT2D eigenvalue weighted by atomic mass is 10.1. The number of ether oxygens (including phenoxy) is 2. The normalized spacial score (nSPS) is 12.0. The molecule has 5 aromatic rings. The molecule has 5 rings (SSSR count). The number of amides is 1. The maximum absolute atomic E-state index is 13.8. The van der Waals surface area contributed by atoms with Gasteiger partial charge in [-0.25, -0.2) is 22.3 Å². The second kappa shape index (κ2) is 17.5. The number of rotatable bonds is 17. The molecule has 0 atom stereocenters. The topological polar surface area (TPSA) is 148 Å². The van der Waals surface area contributed by atoms with E-state index in [4.69, 9.17) is 25.5 Å². The Morgan fingerprint density at radius 2 is 1.37 bits per heavy atom. The molecule has 0 aliphatic heterocycles. The van der Waals surface area contributed by atoms with Crippen molar-refractivity contribution in [1.29, 1.82) is 0 Å². The van der Waals surface area contributed by atoms with Gasteiger partial charge in [-0.2, -0.15) is 13.7 Å². The number of sulfonamides is 2. The first-order chi connectivity index (χ1) is 25.0. The second-order valence-corrected chi connectivity index (χ2v) is 15.7. The lowest BCUT2D eigenvalue weighted by Crippen LogP contribution is -2.40. The predicted molar refractivity (Wildman–Crippen MR) is 197 cm³/mol. The number of carbonyl (C=O) groups excluding carboxylic acids is 1. The van der Waals surface area contributed by atoms with E-state index in [2.05, 4.69) is 10.5 Å². The Balaban J connectivity index is 1.29. The predicted octanol–water partition coefficient (Wildman–Crippen LogP) is 5.73. The van der Waals surface area contributed by atoms with E-state index >= 15 is 0 Å². The minimum Gasteiger partial charge on any atom is -0.493 e. The summed E-state index contributed by atoms with van der Waals surface area (Å²) in [5, 5.41) is 4.37. The first-order valence-corrected chi connectivity index (χ1v) is 19.2. The highest BCUT2D eigenvalue weighted by Gasteiger charge is 2.28. The van der Waals surface area contributed by atoms with E-state index in [1.54, 1.807) is 12.1 Å². The summed E-state index contributed by atoms with van der Waals surface area (Å²) in [6, 6.07) is 31.8. The quantitative estimate of drug-likeness (QED) is 0.0934. The van der Waals surface area contributed by atoms with Gasteiger partial charge in [0.15, 0.2) is 11.5 Å². The van der Waals surface area contributed by atoms with Gasteiger partial charge >= 0.3 is 0 Å². The van der Waals surface area contributed by atoms with E-state index in [0.29, 0.717) is 23.0 Å². The van der Waals surface area contributed by atoms with Crippen LogP contribution in [0.15, 0.2) is 135 Å². The van der Waals surface area contributed by atoms with Crippen LogP contribution in [0, 0.1) is 0 Å². The van der Waals surface area contributed by atoms with Crippen LogP contribution in [0.25, 0.3) is 0 Å². The number of carbonyl (C=O) groups is 1. The van der Waals surface area contributed by atoms with Crippen molar-refractivity contribution in [2.24, 2.45) is 5.10 Å². The first kappa shape index (κ1) is 38.2. The molecule has 0 unspecified atom stereocenters. The Morgan fingerprint density at radius 1 is 0.750 bits per heavy atom. The van der Waals surface area contributed by atoms with Crippen LogP contribution in [-0.2, 0) is 44.4 Å². The maximum atomic E-state index is 13.8. The van der Waals surface area contributed by atoms with Crippen molar-refractivity contribution in [3.05, 3.63) is 143 Å². The molecule has 0 aliphatic rings. The maximum Gasteiger partial charge on any atom is 0.255 e. The molecule has 272 valence electrons. The molecule has 0 aliphatic carbocycles. The molecule has 1 amide bonds. The molecular formula is C37H37ClN4O8S2. The van der Waals surface area contributed by atoms with E-state index in [9.17, 15) is 21.6 Å². The number of furan rings is 1. The Bertz CT molecular complexity index is 2200. The molecule has 12 nitrogen and oxygen atoms in total. The van der Waals surface area contributed by atoms with Crippen LogP contribution in [0.3, 0.4) is 0 Å².